The van der Waals surface area contributed by atoms with E-state index in [0.29, 0.717) is 33.9 Å². The zero-order valence-corrected chi connectivity index (χ0v) is 22.0. The smallest absolute Gasteiger partial charge is 0.359 e. The van der Waals surface area contributed by atoms with Gasteiger partial charge < -0.3 is 24.3 Å². The van der Waals surface area contributed by atoms with E-state index in [2.05, 4.69) is 10.4 Å². The number of methoxy groups -OCH3 is 3. The van der Waals surface area contributed by atoms with Crippen molar-refractivity contribution in [2.45, 2.75) is 6.92 Å². The molecule has 0 unspecified atom stereocenters. The van der Waals surface area contributed by atoms with Gasteiger partial charge >= 0.3 is 5.97 Å². The molecular formula is C27H25N3O7S. The molecule has 0 saturated heterocycles. The molecule has 4 aromatic rings. The standard InChI is InChI=1S/C27H25N3O7S/c1-5-37-27(33)23-18-15-38-25(22(18)26(32)30(29-23)17-9-7-6-8-10-17)28-21(31)12-11-16-13-19(34-2)24(36-4)20(14-16)35-3/h6-15H,5H2,1-4H3,(H,28,31)/b12-11+. The summed E-state index contributed by atoms with van der Waals surface area (Å²) in [6, 6.07) is 12.1. The minimum Gasteiger partial charge on any atom is -0.493 e. The van der Waals surface area contributed by atoms with Crippen molar-refractivity contribution in [1.29, 1.82) is 0 Å². The fraction of sp³-hybridized carbons (Fsp3) is 0.185. The second kappa shape index (κ2) is 11.6. The van der Waals surface area contributed by atoms with Crippen LogP contribution in [-0.4, -0.2) is 49.6 Å². The van der Waals surface area contributed by atoms with E-state index in [0.717, 1.165) is 16.0 Å². The molecule has 0 bridgehead atoms. The average Bonchev–Trinajstić information content (AvgIpc) is 3.35. The van der Waals surface area contributed by atoms with Crippen LogP contribution in [0.5, 0.6) is 17.2 Å². The number of thiophene rings is 1. The van der Waals surface area contributed by atoms with Crippen molar-refractivity contribution in [2.75, 3.05) is 33.3 Å². The number of nitrogens with zero attached hydrogens (tertiary/aromatic N) is 2. The number of aromatic nitrogens is 2. The predicted octanol–water partition coefficient (Wildman–Crippen LogP) is 4.30. The largest absolute Gasteiger partial charge is 0.493 e. The van der Waals surface area contributed by atoms with Crippen LogP contribution in [0.15, 0.2) is 58.7 Å². The Balaban J connectivity index is 1.72. The van der Waals surface area contributed by atoms with E-state index in [9.17, 15) is 14.4 Å². The van der Waals surface area contributed by atoms with Gasteiger partial charge in [-0.25, -0.2) is 4.79 Å². The summed E-state index contributed by atoms with van der Waals surface area (Å²) in [7, 11) is 4.51. The van der Waals surface area contributed by atoms with E-state index in [-0.39, 0.29) is 22.7 Å². The van der Waals surface area contributed by atoms with Crippen LogP contribution >= 0.6 is 11.3 Å². The zero-order chi connectivity index (χ0) is 27.2. The quantitative estimate of drug-likeness (QED) is 0.249. The lowest BCUT2D eigenvalue weighted by molar-refractivity contribution is -0.111. The van der Waals surface area contributed by atoms with Gasteiger partial charge in [0.2, 0.25) is 11.7 Å². The molecule has 0 radical (unpaired) electrons. The number of hydrogen-bond donors (Lipinski definition) is 1. The lowest BCUT2D eigenvalue weighted by Crippen LogP contribution is -2.25. The molecule has 11 heteroatoms. The third-order valence-corrected chi connectivity index (χ3v) is 6.37. The van der Waals surface area contributed by atoms with Crippen molar-refractivity contribution in [2.24, 2.45) is 0 Å². The van der Waals surface area contributed by atoms with Crippen LogP contribution in [0.3, 0.4) is 0 Å². The summed E-state index contributed by atoms with van der Waals surface area (Å²) in [4.78, 5) is 39.0. The molecule has 0 aliphatic carbocycles. The molecule has 0 saturated carbocycles. The van der Waals surface area contributed by atoms with Crippen LogP contribution in [0.25, 0.3) is 22.5 Å². The molecule has 2 heterocycles. The Morgan fingerprint density at radius 2 is 1.74 bits per heavy atom. The van der Waals surface area contributed by atoms with Gasteiger partial charge in [-0.2, -0.15) is 9.78 Å². The average molecular weight is 536 g/mol. The van der Waals surface area contributed by atoms with Gasteiger partial charge in [0.05, 0.1) is 39.0 Å². The molecule has 0 atom stereocenters. The molecule has 1 N–H and O–H groups in total. The predicted molar refractivity (Wildman–Crippen MR) is 145 cm³/mol. The summed E-state index contributed by atoms with van der Waals surface area (Å²) in [5.74, 6) is 0.165. The summed E-state index contributed by atoms with van der Waals surface area (Å²) >= 11 is 1.11. The van der Waals surface area contributed by atoms with Crippen molar-refractivity contribution >= 4 is 45.1 Å². The Bertz CT molecular complexity index is 1550. The molecule has 0 spiro atoms. The molecule has 4 rings (SSSR count). The number of nitrogens with one attached hydrogen (secondary N) is 1. The van der Waals surface area contributed by atoms with Gasteiger partial charge in [-0.3, -0.25) is 9.59 Å². The Hall–Kier alpha value is -4.64. The number of amides is 1. The molecular weight excluding hydrogens is 510 g/mol. The van der Waals surface area contributed by atoms with E-state index in [1.165, 1.54) is 27.4 Å². The number of anilines is 1. The molecule has 2 aromatic heterocycles. The van der Waals surface area contributed by atoms with Crippen LogP contribution in [0.2, 0.25) is 0 Å². The number of carbonyl (C=O) groups is 2. The number of benzene rings is 2. The molecule has 0 aliphatic heterocycles. The number of para-hydroxylation sites is 1. The first kappa shape index (κ1) is 26.4. The fourth-order valence-corrected chi connectivity index (χ4v) is 4.70. The first-order chi connectivity index (χ1) is 18.4. The number of hydrogen-bond acceptors (Lipinski definition) is 9. The van der Waals surface area contributed by atoms with E-state index < -0.39 is 17.4 Å². The van der Waals surface area contributed by atoms with Crippen LogP contribution in [0.1, 0.15) is 23.0 Å². The second-order valence-corrected chi connectivity index (χ2v) is 8.64. The first-order valence-corrected chi connectivity index (χ1v) is 12.4. The Labute approximate surface area is 222 Å². The highest BCUT2D eigenvalue weighted by molar-refractivity contribution is 7.16. The van der Waals surface area contributed by atoms with Crippen molar-refractivity contribution in [3.05, 3.63) is 75.5 Å². The molecule has 10 nitrogen and oxygen atoms in total. The van der Waals surface area contributed by atoms with Crippen LogP contribution in [0.4, 0.5) is 5.00 Å². The van der Waals surface area contributed by atoms with Crippen molar-refractivity contribution < 1.29 is 28.5 Å². The van der Waals surface area contributed by atoms with E-state index in [1.807, 2.05) is 0 Å². The Morgan fingerprint density at radius 3 is 2.34 bits per heavy atom. The third kappa shape index (κ3) is 5.23. The summed E-state index contributed by atoms with van der Waals surface area (Å²) in [5, 5.41) is 9.37. The number of rotatable bonds is 9. The minimum absolute atomic E-state index is 0.0185. The molecule has 1 amide bonds. The molecule has 0 aliphatic rings. The summed E-state index contributed by atoms with van der Waals surface area (Å²) < 4.78 is 22.3. The Morgan fingerprint density at radius 1 is 1.05 bits per heavy atom. The van der Waals surface area contributed by atoms with Crippen molar-refractivity contribution in [3.8, 4) is 22.9 Å². The van der Waals surface area contributed by atoms with Gasteiger partial charge in [-0.15, -0.1) is 11.3 Å². The molecule has 196 valence electrons. The fourth-order valence-electron chi connectivity index (χ4n) is 3.76. The van der Waals surface area contributed by atoms with Crippen molar-refractivity contribution in [1.82, 2.24) is 9.78 Å². The zero-order valence-electron chi connectivity index (χ0n) is 21.1. The summed E-state index contributed by atoms with van der Waals surface area (Å²) in [6.07, 6.45) is 2.89. The summed E-state index contributed by atoms with van der Waals surface area (Å²) in [5.41, 5.74) is 0.598. The number of esters is 1. The van der Waals surface area contributed by atoms with E-state index in [4.69, 9.17) is 18.9 Å². The van der Waals surface area contributed by atoms with Crippen molar-refractivity contribution in [3.63, 3.8) is 0 Å². The molecule has 38 heavy (non-hydrogen) atoms. The first-order valence-electron chi connectivity index (χ1n) is 11.5. The molecule has 2 aromatic carbocycles. The van der Waals surface area contributed by atoms with Gasteiger partial charge in [-0.1, -0.05) is 18.2 Å². The van der Waals surface area contributed by atoms with Gasteiger partial charge in [0, 0.05) is 16.8 Å². The lowest BCUT2D eigenvalue weighted by Gasteiger charge is -2.12. The van der Waals surface area contributed by atoms with Crippen LogP contribution < -0.4 is 25.1 Å². The van der Waals surface area contributed by atoms with E-state index in [1.54, 1.807) is 60.8 Å². The highest BCUT2D eigenvalue weighted by Crippen LogP contribution is 2.38. The monoisotopic (exact) mass is 535 g/mol. The maximum Gasteiger partial charge on any atom is 0.359 e. The minimum atomic E-state index is -0.667. The number of ether oxygens (including phenoxy) is 4. The van der Waals surface area contributed by atoms with E-state index >= 15 is 0 Å². The van der Waals surface area contributed by atoms with Crippen LogP contribution in [0, 0.1) is 0 Å². The normalized spacial score (nSPS) is 10.9. The highest BCUT2D eigenvalue weighted by Gasteiger charge is 2.23. The third-order valence-electron chi connectivity index (χ3n) is 5.47. The van der Waals surface area contributed by atoms with Gasteiger partial charge in [0.1, 0.15) is 5.00 Å². The lowest BCUT2D eigenvalue weighted by atomic mass is 10.1. The summed E-state index contributed by atoms with van der Waals surface area (Å²) in [6.45, 7) is 1.83. The maximum absolute atomic E-state index is 13.5. The topological polar surface area (TPSA) is 118 Å². The number of carbonyl (C=O) groups excluding carboxylic acids is 2. The van der Waals surface area contributed by atoms with Gasteiger partial charge in [0.15, 0.2) is 17.2 Å². The maximum atomic E-state index is 13.5. The molecule has 0 fully saturated rings. The van der Waals surface area contributed by atoms with Gasteiger partial charge in [-0.05, 0) is 42.8 Å². The second-order valence-electron chi connectivity index (χ2n) is 7.76. The SMILES string of the molecule is CCOC(=O)c1nn(-c2ccccc2)c(=O)c2c(NC(=O)/C=C/c3cc(OC)c(OC)c(OC)c3)scc12. The van der Waals surface area contributed by atoms with Gasteiger partial charge in [0.25, 0.3) is 5.56 Å². The van der Waals surface area contributed by atoms with Crippen LogP contribution in [-0.2, 0) is 9.53 Å². The highest BCUT2D eigenvalue weighted by atomic mass is 32.1. The number of fused-ring (bicyclic) bond motifs is 1. The Kier molecular flexibility index (Phi) is 8.07.